The Morgan fingerprint density at radius 2 is 1.67 bits per heavy atom. The van der Waals surface area contributed by atoms with Gasteiger partial charge in [-0.15, -0.1) is 0 Å². The van der Waals surface area contributed by atoms with Crippen LogP contribution in [0.5, 0.6) is 0 Å². The third-order valence-corrected chi connectivity index (χ3v) is 6.74. The molecule has 5 rings (SSSR count). The Balaban J connectivity index is 1.44. The molecule has 0 spiro atoms. The molecular formula is C25H29F3N4O. The molecule has 176 valence electrons. The molecule has 2 saturated heterocycles. The molecule has 5 nitrogen and oxygen atoms in total. The summed E-state index contributed by atoms with van der Waals surface area (Å²) < 4.78 is 46.4. The SMILES string of the molecule is CN1CCN(c2ccc(-c3nc(C(F)(F)F)cc4c3C=C(CN3CCOCC3)C4)cc2)CC1. The van der Waals surface area contributed by atoms with Gasteiger partial charge < -0.3 is 14.5 Å². The summed E-state index contributed by atoms with van der Waals surface area (Å²) in [5.74, 6) is 0. The fourth-order valence-electron chi connectivity index (χ4n) is 4.82. The number of benzene rings is 1. The first kappa shape index (κ1) is 22.4. The van der Waals surface area contributed by atoms with E-state index in [9.17, 15) is 13.2 Å². The molecular weight excluding hydrogens is 429 g/mol. The smallest absolute Gasteiger partial charge is 0.379 e. The second-order valence-electron chi connectivity index (χ2n) is 9.13. The molecule has 0 bridgehead atoms. The molecule has 2 fully saturated rings. The number of piperazine rings is 1. The van der Waals surface area contributed by atoms with Crippen LogP contribution >= 0.6 is 0 Å². The first-order chi connectivity index (χ1) is 15.9. The average molecular weight is 459 g/mol. The molecule has 0 radical (unpaired) electrons. The standard InChI is InChI=1S/C25H29F3N4O/c1-30-6-8-32(9-7-30)21-4-2-19(3-5-21)24-22-15-18(17-31-10-12-33-13-11-31)14-20(22)16-23(29-24)25(26,27)28/h2-5,15-16H,6-14,17H2,1H3. The van der Waals surface area contributed by atoms with Crippen molar-refractivity contribution in [1.82, 2.24) is 14.8 Å². The van der Waals surface area contributed by atoms with E-state index in [1.54, 1.807) is 0 Å². The Morgan fingerprint density at radius 1 is 0.970 bits per heavy atom. The van der Waals surface area contributed by atoms with Gasteiger partial charge in [0.25, 0.3) is 0 Å². The van der Waals surface area contributed by atoms with Crippen LogP contribution in [0.3, 0.4) is 0 Å². The van der Waals surface area contributed by atoms with Gasteiger partial charge in [-0.05, 0) is 37.2 Å². The van der Waals surface area contributed by atoms with Crippen molar-refractivity contribution in [3.8, 4) is 11.3 Å². The fourth-order valence-corrected chi connectivity index (χ4v) is 4.82. The molecule has 0 atom stereocenters. The lowest BCUT2D eigenvalue weighted by atomic mass is 10.0. The van der Waals surface area contributed by atoms with Gasteiger partial charge in [0.05, 0.1) is 18.9 Å². The lowest BCUT2D eigenvalue weighted by molar-refractivity contribution is -0.141. The topological polar surface area (TPSA) is 31.8 Å². The van der Waals surface area contributed by atoms with Gasteiger partial charge >= 0.3 is 6.18 Å². The Hall–Kier alpha value is -2.42. The van der Waals surface area contributed by atoms with Gasteiger partial charge in [-0.3, -0.25) is 4.90 Å². The van der Waals surface area contributed by atoms with Gasteiger partial charge in [0, 0.05) is 62.6 Å². The average Bonchev–Trinajstić information content (AvgIpc) is 3.21. The van der Waals surface area contributed by atoms with Crippen molar-refractivity contribution < 1.29 is 17.9 Å². The lowest BCUT2D eigenvalue weighted by Gasteiger charge is -2.34. The van der Waals surface area contributed by atoms with Crippen molar-refractivity contribution in [2.75, 3.05) is 71.0 Å². The zero-order chi connectivity index (χ0) is 23.0. The molecule has 2 aromatic rings. The van der Waals surface area contributed by atoms with Gasteiger partial charge in [0.2, 0.25) is 0 Å². The van der Waals surface area contributed by atoms with Crippen LogP contribution in [-0.2, 0) is 17.3 Å². The Labute approximate surface area is 192 Å². The summed E-state index contributed by atoms with van der Waals surface area (Å²) in [7, 11) is 2.11. The van der Waals surface area contributed by atoms with E-state index in [1.807, 2.05) is 30.3 Å². The summed E-state index contributed by atoms with van der Waals surface area (Å²) in [5, 5.41) is 0. The minimum atomic E-state index is -4.48. The Kier molecular flexibility index (Phi) is 6.16. The van der Waals surface area contributed by atoms with E-state index in [1.165, 1.54) is 6.07 Å². The molecule has 1 aliphatic carbocycles. The monoisotopic (exact) mass is 458 g/mol. The number of hydrogen-bond donors (Lipinski definition) is 0. The van der Waals surface area contributed by atoms with E-state index >= 15 is 0 Å². The zero-order valence-electron chi connectivity index (χ0n) is 18.9. The number of aromatic nitrogens is 1. The third kappa shape index (κ3) is 4.93. The van der Waals surface area contributed by atoms with Crippen LogP contribution < -0.4 is 4.90 Å². The third-order valence-electron chi connectivity index (χ3n) is 6.74. The highest BCUT2D eigenvalue weighted by molar-refractivity contribution is 5.79. The number of pyridine rings is 1. The van der Waals surface area contributed by atoms with Crippen molar-refractivity contribution in [1.29, 1.82) is 0 Å². The Morgan fingerprint density at radius 3 is 2.33 bits per heavy atom. The molecule has 8 heteroatoms. The number of halogens is 3. The highest BCUT2D eigenvalue weighted by Gasteiger charge is 2.35. The minimum Gasteiger partial charge on any atom is -0.379 e. The zero-order valence-corrected chi connectivity index (χ0v) is 18.9. The molecule has 3 heterocycles. The fraction of sp³-hybridized carbons (Fsp3) is 0.480. The first-order valence-electron chi connectivity index (χ1n) is 11.5. The number of rotatable bonds is 4. The van der Waals surface area contributed by atoms with Crippen LogP contribution in [0.4, 0.5) is 18.9 Å². The molecule has 2 aliphatic heterocycles. The van der Waals surface area contributed by atoms with Crippen molar-refractivity contribution in [3.63, 3.8) is 0 Å². The van der Waals surface area contributed by atoms with Crippen molar-refractivity contribution in [3.05, 3.63) is 52.7 Å². The molecule has 33 heavy (non-hydrogen) atoms. The number of likely N-dealkylation sites (N-methyl/N-ethyl adjacent to an activating group) is 1. The van der Waals surface area contributed by atoms with Crippen molar-refractivity contribution in [2.24, 2.45) is 0 Å². The molecule has 1 aromatic heterocycles. The quantitative estimate of drug-likeness (QED) is 0.696. The summed E-state index contributed by atoms with van der Waals surface area (Å²) in [6.07, 6.45) is -1.90. The summed E-state index contributed by atoms with van der Waals surface area (Å²) in [5.41, 5.74) is 4.07. The first-order valence-corrected chi connectivity index (χ1v) is 11.5. The second kappa shape index (κ2) is 9.08. The molecule has 0 unspecified atom stereocenters. The second-order valence-corrected chi connectivity index (χ2v) is 9.13. The van der Waals surface area contributed by atoms with Crippen LogP contribution in [0.15, 0.2) is 35.9 Å². The van der Waals surface area contributed by atoms with Crippen LogP contribution in [0.25, 0.3) is 17.3 Å². The molecule has 1 aromatic carbocycles. The maximum absolute atomic E-state index is 13.6. The summed E-state index contributed by atoms with van der Waals surface area (Å²) >= 11 is 0. The highest BCUT2D eigenvalue weighted by atomic mass is 19.4. The normalized spacial score (nSPS) is 20.1. The molecule has 0 amide bonds. The van der Waals surface area contributed by atoms with Crippen LogP contribution in [0, 0.1) is 0 Å². The molecule has 3 aliphatic rings. The maximum atomic E-state index is 13.6. The summed E-state index contributed by atoms with van der Waals surface area (Å²) in [6, 6.07) is 9.04. The van der Waals surface area contributed by atoms with Gasteiger partial charge in [-0.25, -0.2) is 4.98 Å². The predicted octanol–water partition coefficient (Wildman–Crippen LogP) is 3.79. The van der Waals surface area contributed by atoms with Crippen molar-refractivity contribution >= 4 is 11.8 Å². The van der Waals surface area contributed by atoms with Crippen LogP contribution in [0.2, 0.25) is 0 Å². The highest BCUT2D eigenvalue weighted by Crippen LogP contribution is 2.38. The van der Waals surface area contributed by atoms with E-state index in [-0.39, 0.29) is 0 Å². The Bertz CT molecular complexity index is 1020. The summed E-state index contributed by atoms with van der Waals surface area (Å²) in [6.45, 7) is 7.74. The number of anilines is 1. The number of nitrogens with zero attached hydrogens (tertiary/aromatic N) is 4. The number of fused-ring (bicyclic) bond motifs is 1. The van der Waals surface area contributed by atoms with Gasteiger partial charge in [-0.2, -0.15) is 13.2 Å². The van der Waals surface area contributed by atoms with Gasteiger partial charge in [0.1, 0.15) is 5.69 Å². The number of morpholine rings is 1. The largest absolute Gasteiger partial charge is 0.433 e. The van der Waals surface area contributed by atoms with Gasteiger partial charge in [0.15, 0.2) is 0 Å². The minimum absolute atomic E-state index is 0.418. The number of alkyl halides is 3. The van der Waals surface area contributed by atoms with Crippen molar-refractivity contribution in [2.45, 2.75) is 12.6 Å². The molecule has 0 saturated carbocycles. The van der Waals surface area contributed by atoms with Gasteiger partial charge in [-0.1, -0.05) is 23.8 Å². The van der Waals surface area contributed by atoms with Crippen LogP contribution in [0.1, 0.15) is 16.8 Å². The van der Waals surface area contributed by atoms with E-state index in [0.29, 0.717) is 30.9 Å². The van der Waals surface area contributed by atoms with E-state index in [4.69, 9.17) is 4.74 Å². The van der Waals surface area contributed by atoms with E-state index in [2.05, 4.69) is 26.7 Å². The number of hydrogen-bond acceptors (Lipinski definition) is 5. The predicted molar refractivity (Wildman–Crippen MR) is 123 cm³/mol. The summed E-state index contributed by atoms with van der Waals surface area (Å²) in [4.78, 5) is 11.0. The maximum Gasteiger partial charge on any atom is 0.433 e. The van der Waals surface area contributed by atoms with E-state index in [0.717, 1.165) is 68.2 Å². The molecule has 0 N–H and O–H groups in total. The van der Waals surface area contributed by atoms with Crippen LogP contribution in [-0.4, -0.2) is 80.9 Å². The van der Waals surface area contributed by atoms with E-state index < -0.39 is 11.9 Å². The lowest BCUT2D eigenvalue weighted by Crippen LogP contribution is -2.44. The number of ether oxygens (including phenoxy) is 1.